The number of hydrogen-bond acceptors (Lipinski definition) is 3. The Labute approximate surface area is 62.9 Å². The van der Waals surface area contributed by atoms with Crippen LogP contribution in [-0.4, -0.2) is 16.6 Å². The fourth-order valence-electron chi connectivity index (χ4n) is 0.744. The molecule has 0 aromatic heterocycles. The topological polar surface area (TPSA) is 26.3 Å². The van der Waals surface area contributed by atoms with Crippen LogP contribution in [0.4, 0.5) is 4.79 Å². The summed E-state index contributed by atoms with van der Waals surface area (Å²) in [6, 6.07) is 0. The molecule has 1 rings (SSSR count). The molecule has 9 heavy (non-hydrogen) atoms. The lowest BCUT2D eigenvalue weighted by Crippen LogP contribution is -2.04. The number of hydrogen-bond donors (Lipinski definition) is 0. The number of carbonyl (C=O) groups excluding carboxylic acids is 1. The van der Waals surface area contributed by atoms with Gasteiger partial charge in [0, 0.05) is 11.6 Å². The molecule has 4 heteroatoms. The molecule has 0 spiro atoms. The third-order valence-electron chi connectivity index (χ3n) is 1.11. The van der Waals surface area contributed by atoms with E-state index in [2.05, 4.69) is 0 Å². The number of carbonyl (C=O) groups is 1. The molecular formula is C5H7ClO2S. The van der Waals surface area contributed by atoms with Crippen molar-refractivity contribution in [1.82, 2.24) is 0 Å². The van der Waals surface area contributed by atoms with Crippen molar-refractivity contribution in [2.45, 2.75) is 18.3 Å². The molecule has 0 radical (unpaired) electrons. The van der Waals surface area contributed by atoms with E-state index in [1.807, 2.05) is 0 Å². The molecule has 1 saturated heterocycles. The maximum atomic E-state index is 10.1. The second-order valence-corrected chi connectivity index (χ2v) is 3.37. The number of ether oxygens (including phenoxy) is 1. The molecule has 2 nitrogen and oxygen atoms in total. The highest BCUT2D eigenvalue weighted by Gasteiger charge is 2.18. The van der Waals surface area contributed by atoms with Crippen LogP contribution >= 0.6 is 23.4 Å². The highest BCUT2D eigenvalue weighted by molar-refractivity contribution is 8.00. The Morgan fingerprint density at radius 1 is 1.78 bits per heavy atom. The van der Waals surface area contributed by atoms with Crippen molar-refractivity contribution in [3.63, 3.8) is 0 Å². The zero-order chi connectivity index (χ0) is 6.69. The summed E-state index contributed by atoms with van der Waals surface area (Å²) in [6.07, 6.45) is 2.07. The Bertz CT molecular complexity index is 112. The molecule has 0 aromatic rings. The average Bonchev–Trinajstić information content (AvgIpc) is 2.15. The molecule has 52 valence electrons. The molecule has 1 unspecified atom stereocenters. The van der Waals surface area contributed by atoms with E-state index in [-0.39, 0.29) is 5.44 Å². The molecule has 0 N–H and O–H groups in total. The molecule has 0 saturated carbocycles. The molecule has 0 amide bonds. The highest BCUT2D eigenvalue weighted by Crippen LogP contribution is 2.27. The summed E-state index contributed by atoms with van der Waals surface area (Å²) in [7, 11) is 0. The predicted molar refractivity (Wildman–Crippen MR) is 37.8 cm³/mol. The standard InChI is InChI=1S/C5H7ClO2S/c6-5(7)8-4-2-1-3-9-4/h4H,1-3H2. The van der Waals surface area contributed by atoms with E-state index in [0.717, 1.165) is 18.6 Å². The van der Waals surface area contributed by atoms with E-state index in [4.69, 9.17) is 16.3 Å². The highest BCUT2D eigenvalue weighted by atomic mass is 35.5. The van der Waals surface area contributed by atoms with Gasteiger partial charge in [0.2, 0.25) is 0 Å². The van der Waals surface area contributed by atoms with Crippen molar-refractivity contribution in [1.29, 1.82) is 0 Å². The van der Waals surface area contributed by atoms with Gasteiger partial charge in [-0.25, -0.2) is 4.79 Å². The van der Waals surface area contributed by atoms with Gasteiger partial charge in [-0.2, -0.15) is 0 Å². The molecule has 1 aliphatic heterocycles. The van der Waals surface area contributed by atoms with Crippen molar-refractivity contribution in [2.24, 2.45) is 0 Å². The van der Waals surface area contributed by atoms with E-state index >= 15 is 0 Å². The fourth-order valence-corrected chi connectivity index (χ4v) is 1.99. The van der Waals surface area contributed by atoms with Gasteiger partial charge in [0.25, 0.3) is 0 Å². The Morgan fingerprint density at radius 3 is 3.00 bits per heavy atom. The van der Waals surface area contributed by atoms with Gasteiger partial charge < -0.3 is 4.74 Å². The van der Waals surface area contributed by atoms with Crippen LogP contribution in [0, 0.1) is 0 Å². The van der Waals surface area contributed by atoms with Crippen LogP contribution in [0.3, 0.4) is 0 Å². The first-order valence-electron chi connectivity index (χ1n) is 2.77. The van der Waals surface area contributed by atoms with Crippen LogP contribution in [-0.2, 0) is 4.74 Å². The van der Waals surface area contributed by atoms with Crippen LogP contribution in [0.25, 0.3) is 0 Å². The molecule has 1 aliphatic rings. The first-order chi connectivity index (χ1) is 4.29. The van der Waals surface area contributed by atoms with Crippen molar-refractivity contribution in [2.75, 3.05) is 5.75 Å². The van der Waals surface area contributed by atoms with Crippen LogP contribution in [0.15, 0.2) is 0 Å². The average molecular weight is 167 g/mol. The monoisotopic (exact) mass is 166 g/mol. The second kappa shape index (κ2) is 3.32. The summed E-state index contributed by atoms with van der Waals surface area (Å²) in [6.45, 7) is 0. The summed E-state index contributed by atoms with van der Waals surface area (Å²) < 4.78 is 4.70. The van der Waals surface area contributed by atoms with Crippen molar-refractivity contribution in [3.8, 4) is 0 Å². The Morgan fingerprint density at radius 2 is 2.56 bits per heavy atom. The summed E-state index contributed by atoms with van der Waals surface area (Å²) in [4.78, 5) is 10.1. The van der Waals surface area contributed by atoms with Gasteiger partial charge in [0.05, 0.1) is 0 Å². The molecule has 1 heterocycles. The predicted octanol–water partition coefficient (Wildman–Crippen LogP) is 2.21. The first-order valence-corrected chi connectivity index (χ1v) is 4.19. The van der Waals surface area contributed by atoms with Crippen molar-refractivity contribution < 1.29 is 9.53 Å². The molecule has 0 aromatic carbocycles. The minimum absolute atomic E-state index is 0.0231. The Kier molecular flexibility index (Phi) is 2.66. The number of thioether (sulfide) groups is 1. The normalized spacial score (nSPS) is 26.1. The summed E-state index contributed by atoms with van der Waals surface area (Å²) >= 11 is 6.63. The van der Waals surface area contributed by atoms with E-state index in [1.54, 1.807) is 11.8 Å². The fraction of sp³-hybridized carbons (Fsp3) is 0.800. The largest absolute Gasteiger partial charge is 0.439 e. The molecule has 0 aliphatic carbocycles. The maximum absolute atomic E-state index is 10.1. The zero-order valence-electron chi connectivity index (χ0n) is 4.80. The van der Waals surface area contributed by atoms with Gasteiger partial charge in [-0.1, -0.05) is 0 Å². The van der Waals surface area contributed by atoms with Crippen molar-refractivity contribution in [3.05, 3.63) is 0 Å². The lowest BCUT2D eigenvalue weighted by molar-refractivity contribution is 0.161. The van der Waals surface area contributed by atoms with E-state index in [9.17, 15) is 4.79 Å². The van der Waals surface area contributed by atoms with Crippen LogP contribution < -0.4 is 0 Å². The van der Waals surface area contributed by atoms with Crippen LogP contribution in [0.1, 0.15) is 12.8 Å². The number of rotatable bonds is 1. The lowest BCUT2D eigenvalue weighted by Gasteiger charge is -2.05. The third-order valence-corrected chi connectivity index (χ3v) is 2.43. The van der Waals surface area contributed by atoms with Gasteiger partial charge in [-0.3, -0.25) is 0 Å². The summed E-state index contributed by atoms with van der Waals surface area (Å²) in [5.41, 5.74) is -0.663. The smallest absolute Gasteiger partial charge is 0.404 e. The van der Waals surface area contributed by atoms with Gasteiger partial charge in [-0.05, 0) is 18.6 Å². The third kappa shape index (κ3) is 2.45. The molecule has 0 bridgehead atoms. The number of halogens is 1. The minimum atomic E-state index is -0.686. The van der Waals surface area contributed by atoms with E-state index < -0.39 is 5.43 Å². The van der Waals surface area contributed by atoms with E-state index in [1.165, 1.54) is 0 Å². The van der Waals surface area contributed by atoms with Gasteiger partial charge in [0.15, 0.2) is 0 Å². The first kappa shape index (κ1) is 7.22. The summed E-state index contributed by atoms with van der Waals surface area (Å²) in [5.74, 6) is 1.08. The molecular weight excluding hydrogens is 160 g/mol. The van der Waals surface area contributed by atoms with Crippen LogP contribution in [0.2, 0.25) is 0 Å². The van der Waals surface area contributed by atoms with Crippen LogP contribution in [0.5, 0.6) is 0 Å². The van der Waals surface area contributed by atoms with Crippen molar-refractivity contribution >= 4 is 28.8 Å². The second-order valence-electron chi connectivity index (χ2n) is 1.80. The summed E-state index contributed by atoms with van der Waals surface area (Å²) in [5, 5.41) is 0. The molecule has 1 atom stereocenters. The Balaban J connectivity index is 2.19. The van der Waals surface area contributed by atoms with Gasteiger partial charge >= 0.3 is 5.43 Å². The SMILES string of the molecule is O=C(Cl)OC1CCCS1. The minimum Gasteiger partial charge on any atom is -0.439 e. The lowest BCUT2D eigenvalue weighted by atomic mass is 10.4. The Hall–Kier alpha value is 0.110. The van der Waals surface area contributed by atoms with Gasteiger partial charge in [-0.15, -0.1) is 11.8 Å². The quantitative estimate of drug-likeness (QED) is 0.559. The maximum Gasteiger partial charge on any atom is 0.404 e. The van der Waals surface area contributed by atoms with Gasteiger partial charge in [0.1, 0.15) is 5.44 Å². The molecule has 1 fully saturated rings. The zero-order valence-corrected chi connectivity index (χ0v) is 6.37. The van der Waals surface area contributed by atoms with E-state index in [0.29, 0.717) is 0 Å².